The van der Waals surface area contributed by atoms with Gasteiger partial charge in [-0.3, -0.25) is 4.79 Å². The second-order valence-electron chi connectivity index (χ2n) is 9.63. The predicted molar refractivity (Wildman–Crippen MR) is 97.6 cm³/mol. The van der Waals surface area contributed by atoms with Crippen LogP contribution in [0.1, 0.15) is 60.8 Å². The van der Waals surface area contributed by atoms with Crippen LogP contribution in [0.25, 0.3) is 0 Å². The van der Waals surface area contributed by atoms with Gasteiger partial charge >= 0.3 is 0 Å². The van der Waals surface area contributed by atoms with Crippen LogP contribution in [0.3, 0.4) is 0 Å². The molecule has 152 valence electrons. The first-order chi connectivity index (χ1) is 12.5. The maximum atomic E-state index is 14.0. The third-order valence-corrected chi connectivity index (χ3v) is 6.83. The van der Waals surface area contributed by atoms with Crippen LogP contribution in [0.15, 0.2) is 11.5 Å². The van der Waals surface area contributed by atoms with E-state index in [1.807, 2.05) is 27.7 Å². The largest absolute Gasteiger partial charge is 0.488 e. The number of rotatable bonds is 4. The number of carbonyl (C=O) groups excluding carboxylic acids is 1. The van der Waals surface area contributed by atoms with Gasteiger partial charge in [0.25, 0.3) is 0 Å². The molecule has 0 aromatic carbocycles. The first-order valence-corrected chi connectivity index (χ1v) is 10.2. The summed E-state index contributed by atoms with van der Waals surface area (Å²) in [6.45, 7) is 12.5. The second kappa shape index (κ2) is 5.71. The zero-order valence-corrected chi connectivity index (χ0v) is 17.3. The number of ketones is 1. The van der Waals surface area contributed by atoms with Crippen molar-refractivity contribution in [2.45, 2.75) is 84.4 Å². The lowest BCUT2D eigenvalue weighted by Crippen LogP contribution is -2.65. The highest BCUT2D eigenvalue weighted by Gasteiger charge is 2.87. The van der Waals surface area contributed by atoms with E-state index < -0.39 is 22.2 Å². The van der Waals surface area contributed by atoms with E-state index in [0.29, 0.717) is 19.6 Å². The maximum absolute atomic E-state index is 14.0. The van der Waals surface area contributed by atoms with Crippen LogP contribution in [-0.4, -0.2) is 47.7 Å². The molecular formula is C21H32O6. The summed E-state index contributed by atoms with van der Waals surface area (Å²) in [6, 6.07) is 0. The van der Waals surface area contributed by atoms with Gasteiger partial charge in [-0.15, -0.1) is 0 Å². The summed E-state index contributed by atoms with van der Waals surface area (Å²) in [6.07, 6.45) is 1.54. The van der Waals surface area contributed by atoms with E-state index in [1.165, 1.54) is 0 Å². The van der Waals surface area contributed by atoms with Crippen LogP contribution in [0, 0.1) is 16.7 Å². The Balaban J connectivity index is 1.95. The highest BCUT2D eigenvalue weighted by Crippen LogP contribution is 2.76. The van der Waals surface area contributed by atoms with E-state index >= 15 is 0 Å². The molecule has 3 aliphatic carbocycles. The van der Waals surface area contributed by atoms with Gasteiger partial charge in [-0.25, -0.2) is 0 Å². The molecule has 0 aromatic rings. The highest BCUT2D eigenvalue weighted by atomic mass is 16.7. The first-order valence-electron chi connectivity index (χ1n) is 10.2. The number of carbonyl (C=O) groups is 1. The topological polar surface area (TPSA) is 74.2 Å². The molecule has 1 heterocycles. The Morgan fingerprint density at radius 2 is 1.67 bits per heavy atom. The Bertz CT molecular complexity index is 687. The van der Waals surface area contributed by atoms with Crippen molar-refractivity contribution >= 4 is 5.78 Å². The van der Waals surface area contributed by atoms with Crippen molar-refractivity contribution in [2.24, 2.45) is 16.7 Å². The molecule has 4 rings (SSSR count). The zero-order valence-electron chi connectivity index (χ0n) is 17.3. The molecule has 0 amide bonds. The van der Waals surface area contributed by atoms with E-state index in [1.54, 1.807) is 0 Å². The smallest absolute Gasteiger partial charge is 0.216 e. The minimum absolute atomic E-state index is 0.0397. The van der Waals surface area contributed by atoms with Crippen LogP contribution >= 0.6 is 0 Å². The van der Waals surface area contributed by atoms with Crippen LogP contribution < -0.4 is 0 Å². The minimum atomic E-state index is -1.47. The van der Waals surface area contributed by atoms with E-state index in [2.05, 4.69) is 13.8 Å². The number of hydrogen-bond acceptors (Lipinski definition) is 6. The van der Waals surface area contributed by atoms with Gasteiger partial charge in [-0.2, -0.15) is 0 Å². The lowest BCUT2D eigenvalue weighted by atomic mass is 9.64. The average molecular weight is 380 g/mol. The number of aliphatic hydroxyl groups is 1. The van der Waals surface area contributed by atoms with Crippen molar-refractivity contribution < 1.29 is 28.8 Å². The molecule has 4 aliphatic rings. The molecule has 6 nitrogen and oxygen atoms in total. The molecule has 3 fully saturated rings. The Morgan fingerprint density at radius 3 is 2.22 bits per heavy atom. The molecule has 0 aromatic heterocycles. The molecule has 6 heteroatoms. The number of hydrogen-bond donors (Lipinski definition) is 1. The summed E-state index contributed by atoms with van der Waals surface area (Å²) in [4.78, 5) is 14.0. The van der Waals surface area contributed by atoms with E-state index in [4.69, 9.17) is 18.9 Å². The lowest BCUT2D eigenvalue weighted by molar-refractivity contribution is -0.292. The molecule has 1 saturated heterocycles. The Morgan fingerprint density at radius 1 is 1.07 bits per heavy atom. The van der Waals surface area contributed by atoms with Gasteiger partial charge in [0, 0.05) is 5.41 Å². The molecule has 2 spiro atoms. The third-order valence-electron chi connectivity index (χ3n) is 6.83. The number of Topliss-reactive ketones (excluding diaryl/α,β-unsaturated/α-hetero) is 1. The van der Waals surface area contributed by atoms with Crippen LogP contribution in [0.4, 0.5) is 0 Å². The van der Waals surface area contributed by atoms with Crippen LogP contribution in [0.5, 0.6) is 0 Å². The molecule has 27 heavy (non-hydrogen) atoms. The van der Waals surface area contributed by atoms with Gasteiger partial charge in [0.05, 0.1) is 25.4 Å². The molecule has 2 saturated carbocycles. The Kier molecular flexibility index (Phi) is 4.06. The van der Waals surface area contributed by atoms with Gasteiger partial charge in [0.2, 0.25) is 11.5 Å². The SMILES string of the molecule is CC(C)OC1=C(OC(C)C)[C@]2(O)CCC3CC(C)(C)C4(OCCO4)[C@]32C1=O. The van der Waals surface area contributed by atoms with Gasteiger partial charge in [-0.1, -0.05) is 13.8 Å². The molecule has 1 aliphatic heterocycles. The quantitative estimate of drug-likeness (QED) is 0.808. The first kappa shape index (κ1) is 19.2. The minimum Gasteiger partial charge on any atom is -0.488 e. The molecule has 3 atom stereocenters. The second-order valence-corrected chi connectivity index (χ2v) is 9.63. The van der Waals surface area contributed by atoms with Gasteiger partial charge in [-0.05, 0) is 52.9 Å². The molecule has 1 N–H and O–H groups in total. The fourth-order valence-corrected chi connectivity index (χ4v) is 6.26. The van der Waals surface area contributed by atoms with Gasteiger partial charge in [0.1, 0.15) is 11.0 Å². The van der Waals surface area contributed by atoms with E-state index in [9.17, 15) is 9.90 Å². The van der Waals surface area contributed by atoms with E-state index in [-0.39, 0.29) is 35.4 Å². The van der Waals surface area contributed by atoms with Crippen molar-refractivity contribution in [3.05, 3.63) is 11.5 Å². The predicted octanol–water partition coefficient (Wildman–Crippen LogP) is 2.93. The van der Waals surface area contributed by atoms with Crippen LogP contribution in [-0.2, 0) is 23.7 Å². The van der Waals surface area contributed by atoms with E-state index in [0.717, 1.165) is 12.8 Å². The van der Waals surface area contributed by atoms with Gasteiger partial charge in [0.15, 0.2) is 11.5 Å². The summed E-state index contributed by atoms with van der Waals surface area (Å²) in [5, 5.41) is 12.1. The van der Waals surface area contributed by atoms with Crippen molar-refractivity contribution in [1.82, 2.24) is 0 Å². The number of ether oxygens (including phenoxy) is 4. The molecule has 1 unspecified atom stereocenters. The summed E-state index contributed by atoms with van der Waals surface area (Å²) >= 11 is 0. The number of allylic oxidation sites excluding steroid dienone is 1. The summed E-state index contributed by atoms with van der Waals surface area (Å²) in [5.74, 6) is -0.996. The van der Waals surface area contributed by atoms with Crippen molar-refractivity contribution in [2.75, 3.05) is 13.2 Å². The Hall–Kier alpha value is -1.11. The highest BCUT2D eigenvalue weighted by molar-refractivity contribution is 6.05. The van der Waals surface area contributed by atoms with Crippen LogP contribution in [0.2, 0.25) is 0 Å². The van der Waals surface area contributed by atoms with Gasteiger partial charge < -0.3 is 24.1 Å². The molecule has 0 bridgehead atoms. The Labute approximate surface area is 161 Å². The average Bonchev–Trinajstić information content (AvgIpc) is 3.23. The third kappa shape index (κ3) is 2.04. The standard InChI is InChI=1S/C21H32O6/c1-12(2)26-15-16(22)20-14(7-8-19(20,23)17(15)27-13(3)4)11-18(5,6)21(20)24-9-10-25-21/h12-14,23H,7-11H2,1-6H3/t14?,19-,20+/m1/s1. The summed E-state index contributed by atoms with van der Waals surface area (Å²) < 4.78 is 24.5. The monoisotopic (exact) mass is 380 g/mol. The fraction of sp³-hybridized carbons (Fsp3) is 0.857. The van der Waals surface area contributed by atoms with Crippen molar-refractivity contribution in [3.63, 3.8) is 0 Å². The summed E-state index contributed by atoms with van der Waals surface area (Å²) in [5.41, 5.74) is -3.09. The normalized spacial score (nSPS) is 39.0. The molecular weight excluding hydrogens is 348 g/mol. The summed E-state index contributed by atoms with van der Waals surface area (Å²) in [7, 11) is 0. The zero-order chi connectivity index (χ0) is 19.8. The fourth-order valence-electron chi connectivity index (χ4n) is 6.26. The van der Waals surface area contributed by atoms with Crippen molar-refractivity contribution in [1.29, 1.82) is 0 Å². The lowest BCUT2D eigenvalue weighted by Gasteiger charge is -2.49. The maximum Gasteiger partial charge on any atom is 0.216 e. The molecule has 0 radical (unpaired) electrons. The van der Waals surface area contributed by atoms with Crippen molar-refractivity contribution in [3.8, 4) is 0 Å².